The van der Waals surface area contributed by atoms with Crippen LogP contribution in [-0.2, 0) is 6.42 Å². The highest BCUT2D eigenvalue weighted by Gasteiger charge is 2.30. The van der Waals surface area contributed by atoms with Crippen molar-refractivity contribution in [1.82, 2.24) is 0 Å². The Hall–Kier alpha value is -1.89. The standard InChI is InChI=1S/C22H26O5S/c1-13-6-19(25)18(22-11-16(24)10-17(12-23)28-22)9-15(13)7-14-2-3-20-21(8-14)27-5-4-26-20/h2-3,6,8-9,16-17,22-25H,4-5,7,10-12H2,1H3/t16-,17-,22?/m0/s1. The number of aliphatic hydroxyl groups excluding tert-OH is 2. The summed E-state index contributed by atoms with van der Waals surface area (Å²) in [6.07, 6.45) is 1.44. The van der Waals surface area contributed by atoms with Gasteiger partial charge in [-0.15, -0.1) is 11.8 Å². The fourth-order valence-corrected chi connectivity index (χ4v) is 5.48. The molecule has 1 unspecified atom stereocenters. The summed E-state index contributed by atoms with van der Waals surface area (Å²) in [6, 6.07) is 9.85. The molecule has 1 fully saturated rings. The Morgan fingerprint density at radius 1 is 1.07 bits per heavy atom. The molecule has 1 saturated heterocycles. The molecule has 0 aromatic heterocycles. The van der Waals surface area contributed by atoms with Gasteiger partial charge in [-0.05, 0) is 61.1 Å². The van der Waals surface area contributed by atoms with Crippen molar-refractivity contribution in [3.05, 3.63) is 52.6 Å². The first kappa shape index (κ1) is 19.4. The average Bonchev–Trinajstić information content (AvgIpc) is 2.69. The molecule has 2 heterocycles. The molecule has 3 N–H and O–H groups in total. The van der Waals surface area contributed by atoms with E-state index < -0.39 is 6.10 Å². The largest absolute Gasteiger partial charge is 0.508 e. The van der Waals surface area contributed by atoms with Crippen molar-refractivity contribution in [2.75, 3.05) is 19.8 Å². The predicted octanol–water partition coefficient (Wildman–Crippen LogP) is 3.35. The maximum atomic E-state index is 10.5. The molecule has 6 heteroatoms. The van der Waals surface area contributed by atoms with Gasteiger partial charge < -0.3 is 24.8 Å². The number of hydrogen-bond donors (Lipinski definition) is 3. The number of fused-ring (bicyclic) bond motifs is 1. The summed E-state index contributed by atoms with van der Waals surface area (Å²) in [4.78, 5) is 0. The molecule has 2 aromatic carbocycles. The molecule has 0 radical (unpaired) electrons. The highest BCUT2D eigenvalue weighted by Crippen LogP contribution is 2.46. The number of benzene rings is 2. The van der Waals surface area contributed by atoms with E-state index in [1.165, 1.54) is 0 Å². The van der Waals surface area contributed by atoms with E-state index >= 15 is 0 Å². The molecule has 28 heavy (non-hydrogen) atoms. The van der Waals surface area contributed by atoms with E-state index in [1.807, 2.05) is 31.2 Å². The van der Waals surface area contributed by atoms with E-state index in [0.29, 0.717) is 26.1 Å². The van der Waals surface area contributed by atoms with E-state index in [4.69, 9.17) is 9.47 Å². The Morgan fingerprint density at radius 2 is 1.86 bits per heavy atom. The monoisotopic (exact) mass is 402 g/mol. The lowest BCUT2D eigenvalue weighted by Crippen LogP contribution is -2.26. The molecule has 3 atom stereocenters. The number of ether oxygens (including phenoxy) is 2. The Labute approximate surface area is 169 Å². The van der Waals surface area contributed by atoms with Gasteiger partial charge in [0.15, 0.2) is 11.5 Å². The smallest absolute Gasteiger partial charge is 0.161 e. The SMILES string of the molecule is Cc1cc(O)c(C2C[C@@H](O)C[C@@H](CO)S2)cc1Cc1ccc2c(c1)OCCO2. The molecule has 0 saturated carbocycles. The fourth-order valence-electron chi connectivity index (χ4n) is 3.93. The van der Waals surface area contributed by atoms with Crippen LogP contribution in [0.5, 0.6) is 17.2 Å². The first-order chi connectivity index (χ1) is 13.5. The van der Waals surface area contributed by atoms with Gasteiger partial charge in [-0.1, -0.05) is 12.1 Å². The van der Waals surface area contributed by atoms with Crippen LogP contribution in [0.4, 0.5) is 0 Å². The number of phenolic OH excluding ortho intramolecular Hbond substituents is 1. The molecular formula is C22H26O5S. The van der Waals surface area contributed by atoms with Crippen LogP contribution < -0.4 is 9.47 Å². The topological polar surface area (TPSA) is 79.2 Å². The van der Waals surface area contributed by atoms with Crippen LogP contribution in [0.1, 0.15) is 40.3 Å². The second kappa shape index (κ2) is 8.23. The zero-order valence-electron chi connectivity index (χ0n) is 15.9. The highest BCUT2D eigenvalue weighted by atomic mass is 32.2. The number of aliphatic hydroxyl groups is 2. The maximum Gasteiger partial charge on any atom is 0.161 e. The molecular weight excluding hydrogens is 376 g/mol. The molecule has 0 aliphatic carbocycles. The first-order valence-electron chi connectivity index (χ1n) is 9.68. The van der Waals surface area contributed by atoms with Crippen LogP contribution in [0.25, 0.3) is 0 Å². The Balaban J connectivity index is 1.60. The summed E-state index contributed by atoms with van der Waals surface area (Å²) < 4.78 is 11.3. The quantitative estimate of drug-likeness (QED) is 0.728. The van der Waals surface area contributed by atoms with Gasteiger partial charge in [-0.3, -0.25) is 0 Å². The number of thioether (sulfide) groups is 1. The van der Waals surface area contributed by atoms with Crippen LogP contribution in [0.15, 0.2) is 30.3 Å². The molecule has 150 valence electrons. The predicted molar refractivity (Wildman–Crippen MR) is 110 cm³/mol. The van der Waals surface area contributed by atoms with Crippen molar-refractivity contribution in [2.24, 2.45) is 0 Å². The summed E-state index contributed by atoms with van der Waals surface area (Å²) in [5, 5.41) is 30.2. The minimum absolute atomic E-state index is 0.00398. The van der Waals surface area contributed by atoms with Gasteiger partial charge in [-0.25, -0.2) is 0 Å². The molecule has 4 rings (SSSR count). The van der Waals surface area contributed by atoms with Gasteiger partial charge in [0.2, 0.25) is 0 Å². The Morgan fingerprint density at radius 3 is 2.64 bits per heavy atom. The Bertz CT molecular complexity index is 853. The second-order valence-electron chi connectivity index (χ2n) is 7.55. The zero-order chi connectivity index (χ0) is 19.7. The maximum absolute atomic E-state index is 10.5. The van der Waals surface area contributed by atoms with Crippen LogP contribution in [0.3, 0.4) is 0 Å². The summed E-state index contributed by atoms with van der Waals surface area (Å²) in [6.45, 7) is 3.17. The normalized spacial score (nSPS) is 24.2. The molecule has 2 aliphatic rings. The zero-order valence-corrected chi connectivity index (χ0v) is 16.7. The number of rotatable bonds is 4. The minimum Gasteiger partial charge on any atom is -0.508 e. The third-order valence-corrected chi connectivity index (χ3v) is 6.92. The van der Waals surface area contributed by atoms with E-state index in [-0.39, 0.29) is 22.9 Å². The summed E-state index contributed by atoms with van der Waals surface area (Å²) >= 11 is 1.64. The first-order valence-corrected chi connectivity index (χ1v) is 10.6. The lowest BCUT2D eigenvalue weighted by atomic mass is 9.94. The van der Waals surface area contributed by atoms with E-state index in [9.17, 15) is 15.3 Å². The van der Waals surface area contributed by atoms with Crippen LogP contribution in [-0.4, -0.2) is 46.5 Å². The van der Waals surface area contributed by atoms with Crippen LogP contribution >= 0.6 is 11.8 Å². The highest BCUT2D eigenvalue weighted by molar-refractivity contribution is 8.00. The molecule has 0 amide bonds. The van der Waals surface area contributed by atoms with Crippen molar-refractivity contribution in [1.29, 1.82) is 0 Å². The van der Waals surface area contributed by atoms with Gasteiger partial charge in [0.25, 0.3) is 0 Å². The average molecular weight is 403 g/mol. The van der Waals surface area contributed by atoms with Gasteiger partial charge in [-0.2, -0.15) is 0 Å². The van der Waals surface area contributed by atoms with Crippen LogP contribution in [0, 0.1) is 6.92 Å². The molecule has 0 spiro atoms. The minimum atomic E-state index is -0.453. The van der Waals surface area contributed by atoms with Crippen LogP contribution in [0.2, 0.25) is 0 Å². The third-order valence-electron chi connectivity index (χ3n) is 5.41. The van der Waals surface area contributed by atoms with Crippen molar-refractivity contribution in [3.8, 4) is 17.2 Å². The molecule has 5 nitrogen and oxygen atoms in total. The molecule has 2 aliphatic heterocycles. The third kappa shape index (κ3) is 4.09. The van der Waals surface area contributed by atoms with Crippen molar-refractivity contribution in [3.63, 3.8) is 0 Å². The van der Waals surface area contributed by atoms with Crippen molar-refractivity contribution in [2.45, 2.75) is 42.8 Å². The summed E-state index contributed by atoms with van der Waals surface area (Å²) in [7, 11) is 0. The second-order valence-corrected chi connectivity index (χ2v) is 9.05. The number of phenols is 1. The summed E-state index contributed by atoms with van der Waals surface area (Å²) in [5.74, 6) is 1.81. The summed E-state index contributed by atoms with van der Waals surface area (Å²) in [5.41, 5.74) is 4.11. The Kier molecular flexibility index (Phi) is 5.71. The molecule has 2 aromatic rings. The van der Waals surface area contributed by atoms with Crippen molar-refractivity contribution < 1.29 is 24.8 Å². The fraction of sp³-hybridized carbons (Fsp3) is 0.455. The molecule has 0 bridgehead atoms. The van der Waals surface area contributed by atoms with Gasteiger partial charge >= 0.3 is 0 Å². The van der Waals surface area contributed by atoms with Gasteiger partial charge in [0.1, 0.15) is 19.0 Å². The lowest BCUT2D eigenvalue weighted by Gasteiger charge is -2.32. The van der Waals surface area contributed by atoms with E-state index in [1.54, 1.807) is 17.8 Å². The number of aromatic hydroxyl groups is 1. The van der Waals surface area contributed by atoms with Gasteiger partial charge in [0, 0.05) is 16.1 Å². The van der Waals surface area contributed by atoms with Crippen molar-refractivity contribution >= 4 is 11.8 Å². The lowest BCUT2D eigenvalue weighted by molar-refractivity contribution is 0.137. The van der Waals surface area contributed by atoms with E-state index in [0.717, 1.165) is 40.2 Å². The number of hydrogen-bond acceptors (Lipinski definition) is 6. The van der Waals surface area contributed by atoms with Gasteiger partial charge in [0.05, 0.1) is 12.7 Å². The van der Waals surface area contributed by atoms with E-state index in [2.05, 4.69) is 0 Å². The number of aryl methyl sites for hydroxylation is 1.